The highest BCUT2D eigenvalue weighted by Gasteiger charge is 2.43. The van der Waals surface area contributed by atoms with Gasteiger partial charge in [-0.3, -0.25) is 9.59 Å². The van der Waals surface area contributed by atoms with Crippen LogP contribution in [0.3, 0.4) is 0 Å². The molecule has 1 aromatic heterocycles. The number of hydrogen-bond acceptors (Lipinski definition) is 3. The maximum absolute atomic E-state index is 13.7. The molecule has 0 bridgehead atoms. The van der Waals surface area contributed by atoms with Gasteiger partial charge in [-0.2, -0.15) is 0 Å². The van der Waals surface area contributed by atoms with E-state index in [0.717, 1.165) is 39.0 Å². The summed E-state index contributed by atoms with van der Waals surface area (Å²) in [6, 6.07) is 22.5. The molecule has 5 rings (SSSR count). The molecule has 2 atom stereocenters. The van der Waals surface area contributed by atoms with Gasteiger partial charge in [0.2, 0.25) is 5.91 Å². The first-order valence-electron chi connectivity index (χ1n) is 11.8. The molecular weight excluding hydrogens is 438 g/mol. The van der Waals surface area contributed by atoms with E-state index in [4.69, 9.17) is 4.74 Å². The van der Waals surface area contributed by atoms with Crippen molar-refractivity contribution in [3.63, 3.8) is 0 Å². The largest absolute Gasteiger partial charge is 0.497 e. The number of benzene rings is 3. The third-order valence-corrected chi connectivity index (χ3v) is 7.14. The summed E-state index contributed by atoms with van der Waals surface area (Å²) >= 11 is 0. The molecule has 6 nitrogen and oxygen atoms in total. The average Bonchev–Trinajstić information content (AvgIpc) is 3.32. The number of aromatic nitrogens is 1. The Balaban J connectivity index is 1.50. The molecule has 0 saturated carbocycles. The van der Waals surface area contributed by atoms with E-state index in [1.807, 2.05) is 67.7 Å². The number of carbonyl (C=O) groups excluding carboxylic acids is 2. The Kier molecular flexibility index (Phi) is 5.81. The van der Waals surface area contributed by atoms with Crippen LogP contribution >= 0.6 is 0 Å². The first-order chi connectivity index (χ1) is 16.9. The predicted octanol–water partition coefficient (Wildman–Crippen LogP) is 4.75. The Bertz CT molecular complexity index is 1420. The van der Waals surface area contributed by atoms with Crippen LogP contribution in [0.2, 0.25) is 0 Å². The summed E-state index contributed by atoms with van der Waals surface area (Å²) < 4.78 is 7.36. The van der Waals surface area contributed by atoms with E-state index < -0.39 is 6.04 Å². The maximum atomic E-state index is 13.7. The molecule has 0 aliphatic carbocycles. The molecule has 2 amide bonds. The Morgan fingerprint density at radius 2 is 1.71 bits per heavy atom. The Morgan fingerprint density at radius 1 is 1.03 bits per heavy atom. The lowest BCUT2D eigenvalue weighted by Crippen LogP contribution is -2.47. The van der Waals surface area contributed by atoms with E-state index >= 15 is 0 Å². The zero-order valence-corrected chi connectivity index (χ0v) is 20.4. The molecule has 0 fully saturated rings. The highest BCUT2D eigenvalue weighted by atomic mass is 16.5. The van der Waals surface area contributed by atoms with Crippen LogP contribution in [0, 0.1) is 6.92 Å². The van der Waals surface area contributed by atoms with Crippen LogP contribution in [0.1, 0.15) is 45.7 Å². The number of hydrogen-bond donors (Lipinski definition) is 1. The molecule has 0 spiro atoms. The van der Waals surface area contributed by atoms with Crippen LogP contribution in [0.25, 0.3) is 10.9 Å². The first-order valence-corrected chi connectivity index (χ1v) is 11.8. The quantitative estimate of drug-likeness (QED) is 0.445. The van der Waals surface area contributed by atoms with Gasteiger partial charge in [0.25, 0.3) is 5.91 Å². The van der Waals surface area contributed by atoms with Gasteiger partial charge in [-0.15, -0.1) is 0 Å². The fourth-order valence-corrected chi connectivity index (χ4v) is 5.13. The molecule has 2 unspecified atom stereocenters. The van der Waals surface area contributed by atoms with E-state index in [9.17, 15) is 9.59 Å². The van der Waals surface area contributed by atoms with Crippen molar-refractivity contribution < 1.29 is 14.3 Å². The van der Waals surface area contributed by atoms with E-state index in [1.54, 1.807) is 18.9 Å². The van der Waals surface area contributed by atoms with Crippen LogP contribution in [0.4, 0.5) is 0 Å². The zero-order chi connectivity index (χ0) is 24.7. The van der Waals surface area contributed by atoms with Crippen LogP contribution in [-0.4, -0.2) is 34.4 Å². The van der Waals surface area contributed by atoms with Gasteiger partial charge in [0.05, 0.1) is 13.2 Å². The van der Waals surface area contributed by atoms with Gasteiger partial charge in [-0.25, -0.2) is 0 Å². The van der Waals surface area contributed by atoms with Gasteiger partial charge in [-0.05, 0) is 49.2 Å². The number of rotatable bonds is 6. The zero-order valence-electron chi connectivity index (χ0n) is 20.4. The Labute approximate surface area is 205 Å². The lowest BCUT2D eigenvalue weighted by Gasteiger charge is -2.31. The fraction of sp³-hybridized carbons (Fsp3) is 0.241. The van der Waals surface area contributed by atoms with Crippen LogP contribution in [-0.2, 0) is 18.4 Å². The molecule has 1 aliphatic rings. The lowest BCUT2D eigenvalue weighted by molar-refractivity contribution is -0.125. The number of nitrogens with zero attached hydrogens (tertiary/aromatic N) is 2. The third-order valence-electron chi connectivity index (χ3n) is 7.14. The molecule has 3 aromatic carbocycles. The van der Waals surface area contributed by atoms with E-state index in [2.05, 4.69) is 28.9 Å². The highest BCUT2D eigenvalue weighted by molar-refractivity contribution is 6.03. The Morgan fingerprint density at radius 3 is 2.46 bits per heavy atom. The summed E-state index contributed by atoms with van der Waals surface area (Å²) in [6.45, 7) is 4.26. The maximum Gasteiger partial charge on any atom is 0.255 e. The highest BCUT2D eigenvalue weighted by Crippen LogP contribution is 2.44. The second kappa shape index (κ2) is 8.95. The number of aryl methyl sites for hydroxylation is 1. The molecule has 35 heavy (non-hydrogen) atoms. The summed E-state index contributed by atoms with van der Waals surface area (Å²) in [5, 5.41) is 4.11. The number of amides is 2. The van der Waals surface area contributed by atoms with Crippen molar-refractivity contribution in [2.45, 2.75) is 32.5 Å². The van der Waals surface area contributed by atoms with Crippen molar-refractivity contribution in [1.82, 2.24) is 14.8 Å². The van der Waals surface area contributed by atoms with Crippen molar-refractivity contribution in [2.75, 3.05) is 7.11 Å². The topological polar surface area (TPSA) is 63.6 Å². The number of fused-ring (bicyclic) bond motifs is 2. The van der Waals surface area contributed by atoms with Crippen LogP contribution in [0.15, 0.2) is 72.8 Å². The standard InChI is InChI=1S/C29H29N3O3/c1-18-26(24-11-7-8-12-25(24)31(18)3)27-22-9-5-6-10-23(22)29(34)32(27)19(2)28(33)30-17-20-13-15-21(35-4)16-14-20/h5-16,19,27H,17H2,1-4H3,(H,30,33). The number of methoxy groups -OCH3 is 1. The van der Waals surface area contributed by atoms with Crippen LogP contribution < -0.4 is 10.1 Å². The van der Waals surface area contributed by atoms with Crippen molar-refractivity contribution in [3.05, 3.63) is 101 Å². The molecule has 6 heteroatoms. The second-order valence-corrected chi connectivity index (χ2v) is 9.02. The average molecular weight is 468 g/mol. The molecule has 178 valence electrons. The van der Waals surface area contributed by atoms with Gasteiger partial charge in [0.1, 0.15) is 11.8 Å². The van der Waals surface area contributed by atoms with Gasteiger partial charge in [-0.1, -0.05) is 48.5 Å². The normalized spacial score (nSPS) is 15.8. The van der Waals surface area contributed by atoms with Gasteiger partial charge in [0, 0.05) is 41.3 Å². The molecule has 0 radical (unpaired) electrons. The summed E-state index contributed by atoms with van der Waals surface area (Å²) in [5.74, 6) is 0.456. The minimum atomic E-state index is -0.656. The van der Waals surface area contributed by atoms with Gasteiger partial charge < -0.3 is 19.5 Å². The summed E-state index contributed by atoms with van der Waals surface area (Å²) in [7, 11) is 3.66. The molecule has 1 aliphatic heterocycles. The lowest BCUT2D eigenvalue weighted by atomic mass is 9.95. The number of carbonyl (C=O) groups is 2. The molecule has 0 saturated heterocycles. The van der Waals surface area contributed by atoms with Crippen molar-refractivity contribution in [3.8, 4) is 5.75 Å². The minimum Gasteiger partial charge on any atom is -0.497 e. The van der Waals surface area contributed by atoms with E-state index in [-0.39, 0.29) is 17.9 Å². The molecule has 2 heterocycles. The SMILES string of the molecule is COc1ccc(CNC(=O)C(C)N2C(=O)c3ccccc3C2c2c(C)n(C)c3ccccc23)cc1. The van der Waals surface area contributed by atoms with Crippen molar-refractivity contribution >= 4 is 22.7 Å². The van der Waals surface area contributed by atoms with Crippen molar-refractivity contribution in [2.24, 2.45) is 7.05 Å². The smallest absolute Gasteiger partial charge is 0.255 e. The van der Waals surface area contributed by atoms with E-state index in [1.165, 1.54) is 0 Å². The molecular formula is C29H29N3O3. The van der Waals surface area contributed by atoms with E-state index in [0.29, 0.717) is 12.1 Å². The van der Waals surface area contributed by atoms with Gasteiger partial charge >= 0.3 is 0 Å². The summed E-state index contributed by atoms with van der Waals surface area (Å²) in [4.78, 5) is 28.7. The number of ether oxygens (including phenoxy) is 1. The predicted molar refractivity (Wildman–Crippen MR) is 136 cm³/mol. The minimum absolute atomic E-state index is 0.120. The van der Waals surface area contributed by atoms with Gasteiger partial charge in [0.15, 0.2) is 0 Å². The molecule has 4 aromatic rings. The Hall–Kier alpha value is -4.06. The van der Waals surface area contributed by atoms with Crippen molar-refractivity contribution in [1.29, 1.82) is 0 Å². The monoisotopic (exact) mass is 467 g/mol. The fourth-order valence-electron chi connectivity index (χ4n) is 5.13. The first kappa shape index (κ1) is 22.7. The molecule has 1 N–H and O–H groups in total. The summed E-state index contributed by atoms with van der Waals surface area (Å²) in [6.07, 6.45) is 0. The third kappa shape index (κ3) is 3.75. The summed E-state index contributed by atoms with van der Waals surface area (Å²) in [5.41, 5.74) is 5.80. The number of para-hydroxylation sites is 1. The second-order valence-electron chi connectivity index (χ2n) is 9.02. The van der Waals surface area contributed by atoms with Crippen LogP contribution in [0.5, 0.6) is 5.75 Å². The number of nitrogens with one attached hydrogen (secondary N) is 1.